The van der Waals surface area contributed by atoms with Crippen molar-refractivity contribution in [2.75, 3.05) is 26.4 Å². The van der Waals surface area contributed by atoms with Gasteiger partial charge in [0, 0.05) is 11.1 Å². The van der Waals surface area contributed by atoms with Crippen LogP contribution in [0.25, 0.3) is 45.4 Å². The number of benzene rings is 4. The van der Waals surface area contributed by atoms with Gasteiger partial charge in [-0.2, -0.15) is 0 Å². The van der Waals surface area contributed by atoms with Gasteiger partial charge in [-0.1, -0.05) is 252 Å². The van der Waals surface area contributed by atoms with Crippen LogP contribution in [0.1, 0.15) is 204 Å². The minimum atomic E-state index is 0.715. The predicted molar refractivity (Wildman–Crippen MR) is 297 cm³/mol. The van der Waals surface area contributed by atoms with Gasteiger partial charge in [0.05, 0.1) is 26.4 Å². The molecule has 0 N–H and O–H groups in total. The van der Waals surface area contributed by atoms with E-state index in [1.807, 2.05) is 0 Å². The zero-order valence-electron chi connectivity index (χ0n) is 43.1. The molecule has 69 heavy (non-hydrogen) atoms. The topological polar surface area (TPSA) is 62.7 Å². The maximum absolute atomic E-state index is 6.35. The highest BCUT2D eigenvalue weighted by molar-refractivity contribution is 7.17. The summed E-state index contributed by atoms with van der Waals surface area (Å²) < 4.78 is 25.2. The molecule has 0 spiro atoms. The normalized spacial score (nSPS) is 11.5. The van der Waals surface area contributed by atoms with Crippen LogP contribution in [0.3, 0.4) is 0 Å². The van der Waals surface area contributed by atoms with Gasteiger partial charge in [-0.15, -0.1) is 10.2 Å². The van der Waals surface area contributed by atoms with Crippen LogP contribution < -0.4 is 18.9 Å². The summed E-state index contributed by atoms with van der Waals surface area (Å²) in [5.74, 6) is 3.38. The molecule has 0 bridgehead atoms. The summed E-state index contributed by atoms with van der Waals surface area (Å²) in [4.78, 5) is 0. The molecule has 0 fully saturated rings. The summed E-state index contributed by atoms with van der Waals surface area (Å²) in [6.07, 6.45) is 38.4. The van der Waals surface area contributed by atoms with Crippen LogP contribution in [-0.2, 0) is 0 Å². The summed E-state index contributed by atoms with van der Waals surface area (Å²) >= 11 is 1.61. The van der Waals surface area contributed by atoms with Gasteiger partial charge in [0.2, 0.25) is 0 Å². The minimum Gasteiger partial charge on any atom is -0.490 e. The molecule has 0 saturated heterocycles. The van der Waals surface area contributed by atoms with Gasteiger partial charge in [-0.05, 0) is 72.2 Å². The van der Waals surface area contributed by atoms with Crippen LogP contribution in [0.5, 0.6) is 23.0 Å². The smallest absolute Gasteiger partial charge is 0.161 e. The monoisotopic (exact) mass is 955 g/mol. The van der Waals surface area contributed by atoms with E-state index in [1.54, 1.807) is 11.3 Å². The van der Waals surface area contributed by atoms with Gasteiger partial charge in [0.1, 0.15) is 10.0 Å². The highest BCUT2D eigenvalue weighted by atomic mass is 32.1. The van der Waals surface area contributed by atoms with Crippen molar-refractivity contribution in [1.82, 2.24) is 10.2 Å². The molecule has 0 saturated carbocycles. The largest absolute Gasteiger partial charge is 0.490 e. The minimum absolute atomic E-state index is 0.715. The molecular weight excluding hydrogens is 869 g/mol. The lowest BCUT2D eigenvalue weighted by Gasteiger charge is -2.14. The summed E-state index contributed by atoms with van der Waals surface area (Å²) in [6, 6.07) is 29.7. The van der Waals surface area contributed by atoms with E-state index in [4.69, 9.17) is 18.9 Å². The molecule has 5 aromatic rings. The second-order valence-corrected chi connectivity index (χ2v) is 19.7. The Labute approximate surface area is 422 Å². The lowest BCUT2D eigenvalue weighted by Crippen LogP contribution is -2.03. The Morgan fingerprint density at radius 2 is 0.594 bits per heavy atom. The highest BCUT2D eigenvalue weighted by Gasteiger charge is 2.11. The molecule has 7 heteroatoms. The van der Waals surface area contributed by atoms with E-state index >= 15 is 0 Å². The van der Waals surface area contributed by atoms with Crippen LogP contribution in [0.15, 0.2) is 84.9 Å². The van der Waals surface area contributed by atoms with Crippen molar-refractivity contribution in [2.24, 2.45) is 0 Å². The average Bonchev–Trinajstić information content (AvgIpc) is 3.88. The molecule has 4 aromatic carbocycles. The fourth-order valence-corrected chi connectivity index (χ4v) is 9.15. The first-order valence-corrected chi connectivity index (χ1v) is 28.1. The molecule has 6 nitrogen and oxygen atoms in total. The van der Waals surface area contributed by atoms with E-state index in [9.17, 15) is 0 Å². The Morgan fingerprint density at radius 1 is 0.319 bits per heavy atom. The number of hydrogen-bond acceptors (Lipinski definition) is 7. The van der Waals surface area contributed by atoms with E-state index in [1.165, 1.54) is 128 Å². The Hall–Kier alpha value is -4.88. The van der Waals surface area contributed by atoms with Crippen molar-refractivity contribution in [2.45, 2.75) is 182 Å². The molecule has 0 aliphatic rings. The van der Waals surface area contributed by atoms with Gasteiger partial charge < -0.3 is 18.9 Å². The summed E-state index contributed by atoms with van der Waals surface area (Å²) in [6.45, 7) is 11.9. The number of unbranched alkanes of at least 4 members (excludes halogenated alkanes) is 20. The number of ether oxygens (including phenoxy) is 4. The van der Waals surface area contributed by atoms with E-state index < -0.39 is 0 Å². The first-order chi connectivity index (χ1) is 34.1. The van der Waals surface area contributed by atoms with Crippen molar-refractivity contribution in [3.05, 3.63) is 107 Å². The van der Waals surface area contributed by atoms with Crippen LogP contribution in [-0.4, -0.2) is 36.6 Å². The van der Waals surface area contributed by atoms with Crippen molar-refractivity contribution < 1.29 is 18.9 Å². The fourth-order valence-electron chi connectivity index (χ4n) is 8.29. The third kappa shape index (κ3) is 21.8. The Kier molecular flexibility index (Phi) is 27.5. The molecule has 0 atom stereocenters. The van der Waals surface area contributed by atoms with E-state index in [-0.39, 0.29) is 0 Å². The summed E-state index contributed by atoms with van der Waals surface area (Å²) in [7, 11) is 0. The van der Waals surface area contributed by atoms with Gasteiger partial charge in [0.25, 0.3) is 0 Å². The van der Waals surface area contributed by atoms with Gasteiger partial charge in [0.15, 0.2) is 23.0 Å². The first kappa shape index (κ1) is 55.1. The Bertz CT molecular complexity index is 2010. The van der Waals surface area contributed by atoms with E-state index in [0.29, 0.717) is 13.2 Å². The first-order valence-electron chi connectivity index (χ1n) is 27.3. The number of aromatic nitrogens is 2. The van der Waals surface area contributed by atoms with Crippen molar-refractivity contribution in [3.63, 3.8) is 0 Å². The number of rotatable bonds is 38. The summed E-state index contributed by atoms with van der Waals surface area (Å²) in [5.41, 5.74) is 6.54. The lowest BCUT2D eigenvalue weighted by atomic mass is 10.1. The zero-order chi connectivity index (χ0) is 48.4. The van der Waals surface area contributed by atoms with Crippen molar-refractivity contribution in [3.8, 4) is 44.1 Å². The van der Waals surface area contributed by atoms with Crippen LogP contribution in [0, 0.1) is 0 Å². The Balaban J connectivity index is 1.15. The number of hydrogen-bond donors (Lipinski definition) is 0. The van der Waals surface area contributed by atoms with Crippen molar-refractivity contribution >= 4 is 35.6 Å². The van der Waals surface area contributed by atoms with Crippen LogP contribution >= 0.6 is 11.3 Å². The standard InChI is InChI=1S/C62H86N2O4S/c1-5-9-13-17-21-25-45-65-57-43-37-53(49-59(57)67-47-27-23-19-15-11-7-3)31-29-51-33-39-55(40-34-51)61-63-64-62(69-61)56-41-35-52(36-42-56)30-32-54-38-44-58(66-46-26-22-18-14-10-6-2)60(50-54)68-48-28-24-20-16-12-8-4/h29-44,49-50H,5-28,45-48H2,1-4H3/b31-29+,32-30+. The lowest BCUT2D eigenvalue weighted by molar-refractivity contribution is 0.258. The van der Waals surface area contributed by atoms with Crippen LogP contribution in [0.2, 0.25) is 0 Å². The van der Waals surface area contributed by atoms with Crippen molar-refractivity contribution in [1.29, 1.82) is 0 Å². The Morgan fingerprint density at radius 3 is 0.928 bits per heavy atom. The SMILES string of the molecule is CCCCCCCCOc1ccc(/C=C/c2ccc(-c3nnc(-c4ccc(/C=C/c5ccc(OCCCCCCCC)c(OCCCCCCCC)c5)cc4)s3)cc2)cc1OCCCCCCCC. The second-order valence-electron chi connectivity index (χ2n) is 18.7. The third-order valence-electron chi connectivity index (χ3n) is 12.6. The summed E-state index contributed by atoms with van der Waals surface area (Å²) in [5, 5.41) is 11.0. The molecule has 1 aromatic heterocycles. The van der Waals surface area contributed by atoms with E-state index in [0.717, 1.165) is 105 Å². The number of nitrogens with zero attached hydrogens (tertiary/aromatic N) is 2. The quantitative estimate of drug-likeness (QED) is 0.0290. The molecular formula is C62H86N2O4S. The second kappa shape index (κ2) is 34.4. The molecule has 0 aliphatic heterocycles. The maximum atomic E-state index is 6.35. The molecule has 5 rings (SSSR count). The zero-order valence-corrected chi connectivity index (χ0v) is 43.9. The fraction of sp³-hybridized carbons (Fsp3) is 0.516. The molecule has 0 amide bonds. The van der Waals surface area contributed by atoms with Gasteiger partial charge in [-0.25, -0.2) is 0 Å². The highest BCUT2D eigenvalue weighted by Crippen LogP contribution is 2.33. The average molecular weight is 955 g/mol. The third-order valence-corrected chi connectivity index (χ3v) is 13.7. The van der Waals surface area contributed by atoms with E-state index in [2.05, 4.69) is 147 Å². The molecule has 0 unspecified atom stereocenters. The molecule has 0 aliphatic carbocycles. The molecule has 0 radical (unpaired) electrons. The molecule has 1 heterocycles. The molecule has 374 valence electrons. The predicted octanol–water partition coefficient (Wildman–Crippen LogP) is 19.2. The van der Waals surface area contributed by atoms with Gasteiger partial charge in [-0.3, -0.25) is 0 Å². The van der Waals surface area contributed by atoms with Crippen LogP contribution in [0.4, 0.5) is 0 Å². The van der Waals surface area contributed by atoms with Gasteiger partial charge >= 0.3 is 0 Å². The maximum Gasteiger partial charge on any atom is 0.161 e.